The number of ether oxygens (including phenoxy) is 1. The molecule has 1 aliphatic heterocycles. The fourth-order valence-corrected chi connectivity index (χ4v) is 3.80. The highest BCUT2D eigenvalue weighted by atomic mass is 19.1. The number of nitrogens with zero attached hydrogens (tertiary/aromatic N) is 3. The van der Waals surface area contributed by atoms with Crippen LogP contribution in [0.5, 0.6) is 0 Å². The molecule has 0 unspecified atom stereocenters. The lowest BCUT2D eigenvalue weighted by Gasteiger charge is -2.28. The number of benzene rings is 2. The van der Waals surface area contributed by atoms with Crippen molar-refractivity contribution in [2.24, 2.45) is 0 Å². The lowest BCUT2D eigenvalue weighted by Crippen LogP contribution is -2.34. The van der Waals surface area contributed by atoms with Crippen molar-refractivity contribution in [3.8, 4) is 11.3 Å². The second-order valence-electron chi connectivity index (χ2n) is 8.09. The highest BCUT2D eigenvalue weighted by molar-refractivity contribution is 5.60. The summed E-state index contributed by atoms with van der Waals surface area (Å²) in [4.78, 5) is 11.3. The molecule has 5 nitrogen and oxygen atoms in total. The summed E-state index contributed by atoms with van der Waals surface area (Å²) >= 11 is 0. The smallest absolute Gasteiger partial charge is 0.223 e. The Bertz CT molecular complexity index is 989. The van der Waals surface area contributed by atoms with Crippen LogP contribution < -0.4 is 5.32 Å². The summed E-state index contributed by atoms with van der Waals surface area (Å²) in [5.74, 6) is 0.359. The second kappa shape index (κ2) is 10.5. The van der Waals surface area contributed by atoms with Crippen LogP contribution in [0.1, 0.15) is 24.0 Å². The molecule has 0 atom stereocenters. The predicted molar refractivity (Wildman–Crippen MR) is 121 cm³/mol. The first-order valence-corrected chi connectivity index (χ1v) is 10.9. The van der Waals surface area contributed by atoms with E-state index in [-0.39, 0.29) is 5.82 Å². The highest BCUT2D eigenvalue weighted by Gasteiger charge is 2.17. The van der Waals surface area contributed by atoms with Crippen LogP contribution in [-0.4, -0.2) is 47.7 Å². The van der Waals surface area contributed by atoms with Gasteiger partial charge in [-0.05, 0) is 61.7 Å². The summed E-state index contributed by atoms with van der Waals surface area (Å²) in [6.45, 7) is 3.45. The number of rotatable bonds is 8. The topological polar surface area (TPSA) is 50.3 Å². The second-order valence-corrected chi connectivity index (χ2v) is 8.09. The Morgan fingerprint density at radius 1 is 1.06 bits per heavy atom. The van der Waals surface area contributed by atoms with Crippen molar-refractivity contribution >= 4 is 5.95 Å². The maximum atomic E-state index is 13.3. The molecule has 4 rings (SSSR count). The Balaban J connectivity index is 1.34. The van der Waals surface area contributed by atoms with Gasteiger partial charge in [-0.3, -0.25) is 0 Å². The van der Waals surface area contributed by atoms with Crippen LogP contribution >= 0.6 is 0 Å². The maximum Gasteiger partial charge on any atom is 0.223 e. The van der Waals surface area contributed by atoms with E-state index in [4.69, 9.17) is 4.74 Å². The molecule has 3 aromatic rings. The van der Waals surface area contributed by atoms with Gasteiger partial charge in [0, 0.05) is 31.4 Å². The van der Waals surface area contributed by atoms with E-state index >= 15 is 0 Å². The maximum absolute atomic E-state index is 13.3. The third kappa shape index (κ3) is 6.32. The summed E-state index contributed by atoms with van der Waals surface area (Å²) in [5, 5.41) is 3.24. The van der Waals surface area contributed by atoms with E-state index in [0.29, 0.717) is 31.6 Å². The standard InChI is InChI=1S/C25H29FN4O/c1-30-14-10-23(11-15-30)31-18-20-5-2-6-21(16-20)24-9-13-28-25(29-24)27-12-8-19-4-3-7-22(26)17-19/h2-7,9,13,16-17,23H,8,10-12,14-15,18H2,1H3,(H,27,28,29). The third-order valence-electron chi connectivity index (χ3n) is 5.62. The molecule has 1 aromatic heterocycles. The number of likely N-dealkylation sites (tertiary alicyclic amines) is 1. The van der Waals surface area contributed by atoms with Crippen molar-refractivity contribution < 1.29 is 9.13 Å². The minimum Gasteiger partial charge on any atom is -0.373 e. The lowest BCUT2D eigenvalue weighted by atomic mass is 10.1. The normalized spacial score (nSPS) is 15.2. The molecule has 2 heterocycles. The molecule has 162 valence electrons. The zero-order valence-electron chi connectivity index (χ0n) is 17.9. The van der Waals surface area contributed by atoms with Gasteiger partial charge in [0.25, 0.3) is 0 Å². The van der Waals surface area contributed by atoms with E-state index < -0.39 is 0 Å². The molecule has 1 saturated heterocycles. The third-order valence-corrected chi connectivity index (χ3v) is 5.62. The van der Waals surface area contributed by atoms with Gasteiger partial charge in [-0.25, -0.2) is 14.4 Å². The quantitative estimate of drug-likeness (QED) is 0.579. The van der Waals surface area contributed by atoms with Gasteiger partial charge in [-0.15, -0.1) is 0 Å². The molecular weight excluding hydrogens is 391 g/mol. The molecule has 0 spiro atoms. The number of piperidine rings is 1. The summed E-state index contributed by atoms with van der Waals surface area (Å²) in [6, 6.07) is 16.9. The molecular formula is C25H29FN4O. The molecule has 31 heavy (non-hydrogen) atoms. The molecule has 1 fully saturated rings. The van der Waals surface area contributed by atoms with Crippen molar-refractivity contribution in [3.63, 3.8) is 0 Å². The first-order chi connectivity index (χ1) is 15.2. The van der Waals surface area contributed by atoms with Crippen LogP contribution in [0.2, 0.25) is 0 Å². The Morgan fingerprint density at radius 2 is 1.87 bits per heavy atom. The molecule has 1 N–H and O–H groups in total. The number of hydrogen-bond donors (Lipinski definition) is 1. The van der Waals surface area contributed by atoms with E-state index in [0.717, 1.165) is 48.3 Å². The number of anilines is 1. The van der Waals surface area contributed by atoms with E-state index in [9.17, 15) is 4.39 Å². The Labute approximate surface area is 183 Å². The van der Waals surface area contributed by atoms with Crippen LogP contribution in [0.3, 0.4) is 0 Å². The van der Waals surface area contributed by atoms with E-state index in [1.807, 2.05) is 18.2 Å². The summed E-state index contributed by atoms with van der Waals surface area (Å²) < 4.78 is 19.4. The monoisotopic (exact) mass is 420 g/mol. The van der Waals surface area contributed by atoms with Crippen LogP contribution in [0, 0.1) is 5.82 Å². The zero-order chi connectivity index (χ0) is 21.5. The van der Waals surface area contributed by atoms with Crippen molar-refractivity contribution in [1.82, 2.24) is 14.9 Å². The van der Waals surface area contributed by atoms with Crippen molar-refractivity contribution in [3.05, 3.63) is 77.7 Å². The molecule has 0 radical (unpaired) electrons. The first kappa shape index (κ1) is 21.4. The van der Waals surface area contributed by atoms with Gasteiger partial charge in [0.05, 0.1) is 18.4 Å². The zero-order valence-corrected chi connectivity index (χ0v) is 17.9. The van der Waals surface area contributed by atoms with Gasteiger partial charge < -0.3 is 15.0 Å². The molecule has 2 aromatic carbocycles. The SMILES string of the molecule is CN1CCC(OCc2cccc(-c3ccnc(NCCc4cccc(F)c4)n3)c2)CC1. The predicted octanol–water partition coefficient (Wildman–Crippen LogP) is 4.55. The fraction of sp³-hybridized carbons (Fsp3) is 0.360. The van der Waals surface area contributed by atoms with Gasteiger partial charge >= 0.3 is 0 Å². The first-order valence-electron chi connectivity index (χ1n) is 10.9. The van der Waals surface area contributed by atoms with Crippen molar-refractivity contribution in [2.45, 2.75) is 32.0 Å². The minimum atomic E-state index is -0.213. The van der Waals surface area contributed by atoms with Crippen LogP contribution in [0.15, 0.2) is 60.8 Å². The number of hydrogen-bond acceptors (Lipinski definition) is 5. The fourth-order valence-electron chi connectivity index (χ4n) is 3.80. The Morgan fingerprint density at radius 3 is 2.71 bits per heavy atom. The van der Waals surface area contributed by atoms with Gasteiger partial charge in [0.1, 0.15) is 5.82 Å². The molecule has 0 aliphatic carbocycles. The molecule has 0 bridgehead atoms. The summed E-state index contributed by atoms with van der Waals surface area (Å²) in [5.41, 5.74) is 4.00. The highest BCUT2D eigenvalue weighted by Crippen LogP contribution is 2.21. The van der Waals surface area contributed by atoms with Crippen LogP contribution in [0.25, 0.3) is 11.3 Å². The van der Waals surface area contributed by atoms with Gasteiger partial charge in [-0.2, -0.15) is 0 Å². The van der Waals surface area contributed by atoms with Gasteiger partial charge in [0.2, 0.25) is 5.95 Å². The largest absolute Gasteiger partial charge is 0.373 e. The number of halogens is 1. The van der Waals surface area contributed by atoms with E-state index in [2.05, 4.69) is 45.4 Å². The summed E-state index contributed by atoms with van der Waals surface area (Å²) in [6.07, 6.45) is 4.98. The van der Waals surface area contributed by atoms with E-state index in [1.54, 1.807) is 18.3 Å². The van der Waals surface area contributed by atoms with E-state index in [1.165, 1.54) is 6.07 Å². The van der Waals surface area contributed by atoms with Crippen LogP contribution in [-0.2, 0) is 17.8 Å². The lowest BCUT2D eigenvalue weighted by molar-refractivity contribution is 0.00215. The van der Waals surface area contributed by atoms with Gasteiger partial charge in [0.15, 0.2) is 0 Å². The van der Waals surface area contributed by atoms with Crippen molar-refractivity contribution in [1.29, 1.82) is 0 Å². The summed E-state index contributed by atoms with van der Waals surface area (Å²) in [7, 11) is 2.16. The Hall–Kier alpha value is -2.83. The molecule has 0 saturated carbocycles. The molecule has 1 aliphatic rings. The average Bonchev–Trinajstić information content (AvgIpc) is 2.79. The minimum absolute atomic E-state index is 0.213. The van der Waals surface area contributed by atoms with Crippen LogP contribution in [0.4, 0.5) is 10.3 Å². The van der Waals surface area contributed by atoms with Crippen molar-refractivity contribution in [2.75, 3.05) is 32.0 Å². The average molecular weight is 421 g/mol. The Kier molecular flexibility index (Phi) is 7.22. The van der Waals surface area contributed by atoms with Gasteiger partial charge in [-0.1, -0.05) is 30.3 Å². The number of nitrogens with one attached hydrogen (secondary N) is 1. The number of aromatic nitrogens is 2. The molecule has 6 heteroatoms. The molecule has 0 amide bonds.